The molecule has 0 fully saturated rings. The molecule has 78 valence electrons. The topological polar surface area (TPSA) is 0 Å². The van der Waals surface area contributed by atoms with Gasteiger partial charge in [-0.2, -0.15) is 0 Å². The van der Waals surface area contributed by atoms with Crippen LogP contribution in [-0.4, -0.2) is 0 Å². The second kappa shape index (κ2) is 8.76. The predicted octanol–water partition coefficient (Wildman–Crippen LogP) is 4.63. The molecule has 0 spiro atoms. The highest BCUT2D eigenvalue weighted by Gasteiger charge is 1.82. The maximum Gasteiger partial charge on any atom is -0.0256 e. The Morgan fingerprint density at radius 3 is 2.20 bits per heavy atom. The van der Waals surface area contributed by atoms with Gasteiger partial charge in [-0.05, 0) is 18.1 Å². The van der Waals surface area contributed by atoms with Crippen LogP contribution in [-0.2, 0) is 0 Å². The lowest BCUT2D eigenvalue weighted by atomic mass is 10.1. The fourth-order valence-corrected chi connectivity index (χ4v) is 1.04. The van der Waals surface area contributed by atoms with Gasteiger partial charge in [0.05, 0.1) is 0 Å². The molecule has 0 unspecified atom stereocenters. The van der Waals surface area contributed by atoms with Crippen molar-refractivity contribution in [2.75, 3.05) is 0 Å². The minimum Gasteiger partial charge on any atom is -0.106 e. The Labute approximate surface area is 93.0 Å². The van der Waals surface area contributed by atoms with Crippen molar-refractivity contribution in [1.82, 2.24) is 0 Å². The molecule has 0 bridgehead atoms. The summed E-state index contributed by atoms with van der Waals surface area (Å²) in [6.45, 7) is 11.9. The van der Waals surface area contributed by atoms with Crippen molar-refractivity contribution < 1.29 is 0 Å². The zero-order valence-electron chi connectivity index (χ0n) is 9.32. The van der Waals surface area contributed by atoms with Gasteiger partial charge in [-0.15, -0.1) is 13.2 Å². The standard InChI is InChI=1S/C13H14.C2H4/c1-3-7-12(2)10-11-13-8-5-4-6-9-13;1-2/h3-11H,2H2,1H3;1-2H2/b7-3-,11-10+;. The van der Waals surface area contributed by atoms with Crippen LogP contribution in [0.15, 0.2) is 73.9 Å². The summed E-state index contributed by atoms with van der Waals surface area (Å²) in [5, 5.41) is 0. The Bertz CT molecular complexity index is 328. The maximum absolute atomic E-state index is 3.89. The lowest BCUT2D eigenvalue weighted by Crippen LogP contribution is -1.69. The molecule has 15 heavy (non-hydrogen) atoms. The molecular formula is C15H18. The first-order valence-corrected chi connectivity index (χ1v) is 4.87. The Morgan fingerprint density at radius 2 is 1.67 bits per heavy atom. The average Bonchev–Trinajstić information content (AvgIpc) is 2.31. The molecule has 0 aliphatic carbocycles. The zero-order valence-corrected chi connectivity index (χ0v) is 9.32. The van der Waals surface area contributed by atoms with Crippen LogP contribution in [0.3, 0.4) is 0 Å². The fraction of sp³-hybridized carbons (Fsp3) is 0.0667. The van der Waals surface area contributed by atoms with Gasteiger partial charge in [0.1, 0.15) is 0 Å². The van der Waals surface area contributed by atoms with Gasteiger partial charge >= 0.3 is 0 Å². The summed E-state index contributed by atoms with van der Waals surface area (Å²) in [6.07, 6.45) is 8.04. The van der Waals surface area contributed by atoms with Crippen LogP contribution in [0, 0.1) is 0 Å². The van der Waals surface area contributed by atoms with E-state index >= 15 is 0 Å². The van der Waals surface area contributed by atoms with Crippen molar-refractivity contribution in [3.63, 3.8) is 0 Å². The molecule has 1 rings (SSSR count). The van der Waals surface area contributed by atoms with Gasteiger partial charge in [0.15, 0.2) is 0 Å². The zero-order chi connectivity index (χ0) is 11.5. The highest BCUT2D eigenvalue weighted by Crippen LogP contribution is 2.04. The van der Waals surface area contributed by atoms with E-state index < -0.39 is 0 Å². The Hall–Kier alpha value is -1.82. The van der Waals surface area contributed by atoms with E-state index in [1.165, 1.54) is 5.56 Å². The Kier molecular flexibility index (Phi) is 7.70. The largest absolute Gasteiger partial charge is 0.106 e. The van der Waals surface area contributed by atoms with E-state index in [-0.39, 0.29) is 0 Å². The molecule has 0 aliphatic heterocycles. The van der Waals surface area contributed by atoms with Crippen molar-refractivity contribution in [2.45, 2.75) is 6.92 Å². The number of rotatable bonds is 3. The summed E-state index contributed by atoms with van der Waals surface area (Å²) in [4.78, 5) is 0. The third-order valence-electron chi connectivity index (χ3n) is 1.67. The molecule has 0 amide bonds. The number of hydrogen-bond donors (Lipinski definition) is 0. The molecule has 0 nitrogen and oxygen atoms in total. The minimum absolute atomic E-state index is 1.02. The monoisotopic (exact) mass is 198 g/mol. The van der Waals surface area contributed by atoms with E-state index in [1.54, 1.807) is 0 Å². The second-order valence-electron chi connectivity index (χ2n) is 2.82. The van der Waals surface area contributed by atoms with Gasteiger partial charge in [-0.1, -0.05) is 61.2 Å². The SMILES string of the molecule is C=C.C=C(/C=C\C)/C=C/c1ccccc1. The normalized spacial score (nSPS) is 9.93. The summed E-state index contributed by atoms with van der Waals surface area (Å²) < 4.78 is 0. The first kappa shape index (κ1) is 13.2. The quantitative estimate of drug-likeness (QED) is 0.490. The summed E-state index contributed by atoms with van der Waals surface area (Å²) in [7, 11) is 0. The van der Waals surface area contributed by atoms with Crippen molar-refractivity contribution in [3.05, 3.63) is 79.4 Å². The Balaban J connectivity index is 0.000000921. The van der Waals surface area contributed by atoms with Gasteiger partial charge in [0.2, 0.25) is 0 Å². The predicted molar refractivity (Wildman–Crippen MR) is 70.7 cm³/mol. The molecule has 0 saturated carbocycles. The van der Waals surface area contributed by atoms with Gasteiger partial charge in [-0.25, -0.2) is 0 Å². The number of hydrogen-bond acceptors (Lipinski definition) is 0. The number of allylic oxidation sites excluding steroid dienone is 4. The van der Waals surface area contributed by atoms with Crippen LogP contribution in [0.1, 0.15) is 12.5 Å². The molecule has 0 heteroatoms. The van der Waals surface area contributed by atoms with Crippen LogP contribution in [0.2, 0.25) is 0 Å². The van der Waals surface area contributed by atoms with Crippen LogP contribution in [0.25, 0.3) is 6.08 Å². The molecule has 0 N–H and O–H groups in total. The van der Waals surface area contributed by atoms with Crippen LogP contribution in [0.4, 0.5) is 0 Å². The van der Waals surface area contributed by atoms with Crippen LogP contribution in [0.5, 0.6) is 0 Å². The average molecular weight is 198 g/mol. The summed E-state index contributed by atoms with van der Waals surface area (Å²) >= 11 is 0. The molecular weight excluding hydrogens is 180 g/mol. The van der Waals surface area contributed by atoms with E-state index in [4.69, 9.17) is 0 Å². The van der Waals surface area contributed by atoms with E-state index in [9.17, 15) is 0 Å². The summed E-state index contributed by atoms with van der Waals surface area (Å²) in [6, 6.07) is 10.2. The highest BCUT2D eigenvalue weighted by molar-refractivity contribution is 5.53. The first-order valence-electron chi connectivity index (χ1n) is 4.87. The third-order valence-corrected chi connectivity index (χ3v) is 1.67. The Morgan fingerprint density at radius 1 is 1.07 bits per heavy atom. The molecule has 0 saturated heterocycles. The maximum atomic E-state index is 3.89. The fourth-order valence-electron chi connectivity index (χ4n) is 1.04. The van der Waals surface area contributed by atoms with Crippen LogP contribution < -0.4 is 0 Å². The highest BCUT2D eigenvalue weighted by atomic mass is 13.9. The van der Waals surface area contributed by atoms with Crippen molar-refractivity contribution in [3.8, 4) is 0 Å². The molecule has 0 aromatic heterocycles. The number of benzene rings is 1. The smallest absolute Gasteiger partial charge is 0.0256 e. The van der Waals surface area contributed by atoms with E-state index in [0.29, 0.717) is 0 Å². The molecule has 1 aromatic rings. The molecule has 0 atom stereocenters. The molecule has 1 aromatic carbocycles. The minimum atomic E-state index is 1.02. The molecule has 0 aliphatic rings. The van der Waals surface area contributed by atoms with E-state index in [1.807, 2.05) is 43.4 Å². The van der Waals surface area contributed by atoms with Crippen molar-refractivity contribution in [1.29, 1.82) is 0 Å². The lowest BCUT2D eigenvalue weighted by molar-refractivity contribution is 1.64. The van der Waals surface area contributed by atoms with Gasteiger partial charge in [0.25, 0.3) is 0 Å². The van der Waals surface area contributed by atoms with Gasteiger partial charge in [0, 0.05) is 0 Å². The second-order valence-corrected chi connectivity index (χ2v) is 2.82. The van der Waals surface area contributed by atoms with Gasteiger partial charge < -0.3 is 0 Å². The first-order chi connectivity index (χ1) is 7.33. The van der Waals surface area contributed by atoms with Crippen LogP contribution >= 0.6 is 0 Å². The van der Waals surface area contributed by atoms with E-state index in [0.717, 1.165) is 5.57 Å². The van der Waals surface area contributed by atoms with E-state index in [2.05, 4.69) is 37.9 Å². The summed E-state index contributed by atoms with van der Waals surface area (Å²) in [5.41, 5.74) is 2.22. The molecule has 0 heterocycles. The van der Waals surface area contributed by atoms with Crippen molar-refractivity contribution >= 4 is 6.08 Å². The lowest BCUT2D eigenvalue weighted by Gasteiger charge is -1.91. The third kappa shape index (κ3) is 6.28. The van der Waals surface area contributed by atoms with Gasteiger partial charge in [-0.3, -0.25) is 0 Å². The summed E-state index contributed by atoms with van der Waals surface area (Å²) in [5.74, 6) is 0. The van der Waals surface area contributed by atoms with Crippen molar-refractivity contribution in [2.24, 2.45) is 0 Å². The molecule has 0 radical (unpaired) electrons.